The maximum absolute atomic E-state index is 10.2. The summed E-state index contributed by atoms with van der Waals surface area (Å²) in [5, 5.41) is 11.2. The average molecular weight is 285 g/mol. The summed E-state index contributed by atoms with van der Waals surface area (Å²) >= 11 is 11.8. The molecule has 1 aromatic heterocycles. The van der Waals surface area contributed by atoms with Gasteiger partial charge in [0.2, 0.25) is 0 Å². The van der Waals surface area contributed by atoms with Crippen LogP contribution < -0.4 is 0 Å². The quantitative estimate of drug-likeness (QED) is 0.933. The lowest BCUT2D eigenvalue weighted by atomic mass is 10.1. The van der Waals surface area contributed by atoms with Gasteiger partial charge in [-0.2, -0.15) is 0 Å². The van der Waals surface area contributed by atoms with Crippen LogP contribution in [0.3, 0.4) is 0 Å². The Morgan fingerprint density at radius 2 is 1.94 bits per heavy atom. The average Bonchev–Trinajstić information content (AvgIpc) is 2.75. The van der Waals surface area contributed by atoms with Gasteiger partial charge in [0.15, 0.2) is 0 Å². The van der Waals surface area contributed by atoms with E-state index in [1.807, 2.05) is 17.7 Å². The van der Waals surface area contributed by atoms with Crippen LogP contribution in [0.1, 0.15) is 24.4 Å². The van der Waals surface area contributed by atoms with Crippen LogP contribution in [-0.4, -0.2) is 14.7 Å². The predicted molar refractivity (Wildman–Crippen MR) is 73.0 cm³/mol. The molecule has 18 heavy (non-hydrogen) atoms. The highest BCUT2D eigenvalue weighted by Crippen LogP contribution is 2.25. The van der Waals surface area contributed by atoms with Crippen LogP contribution >= 0.6 is 23.2 Å². The monoisotopic (exact) mass is 284 g/mol. The molecule has 1 unspecified atom stereocenters. The number of imidazole rings is 1. The van der Waals surface area contributed by atoms with E-state index in [4.69, 9.17) is 23.2 Å². The second-order valence-corrected chi connectivity index (χ2v) is 4.93. The number of aliphatic hydroxyl groups is 1. The number of nitrogens with zero attached hydrogens (tertiary/aromatic N) is 2. The van der Waals surface area contributed by atoms with Gasteiger partial charge in [-0.1, -0.05) is 23.2 Å². The second kappa shape index (κ2) is 5.74. The molecule has 0 saturated heterocycles. The van der Waals surface area contributed by atoms with Gasteiger partial charge in [-0.15, -0.1) is 0 Å². The molecule has 0 saturated carbocycles. The first-order valence-corrected chi connectivity index (χ1v) is 6.49. The van der Waals surface area contributed by atoms with Crippen molar-refractivity contribution in [3.8, 4) is 0 Å². The molecule has 0 fully saturated rings. The molecule has 0 bridgehead atoms. The van der Waals surface area contributed by atoms with Gasteiger partial charge in [-0.25, -0.2) is 4.98 Å². The first-order valence-electron chi connectivity index (χ1n) is 5.74. The molecular weight excluding hydrogens is 271 g/mol. The lowest BCUT2D eigenvalue weighted by molar-refractivity contribution is 0.174. The van der Waals surface area contributed by atoms with Gasteiger partial charge in [-0.05, 0) is 30.7 Å². The van der Waals surface area contributed by atoms with Crippen LogP contribution in [0.5, 0.6) is 0 Å². The SMILES string of the molecule is CCn1ccnc1CC(O)c1cc(Cl)cc(Cl)c1. The number of aliphatic hydroxyl groups excluding tert-OH is 1. The Morgan fingerprint density at radius 3 is 2.56 bits per heavy atom. The molecule has 2 rings (SSSR count). The van der Waals surface area contributed by atoms with Crippen molar-refractivity contribution in [2.75, 3.05) is 0 Å². The van der Waals surface area contributed by atoms with Crippen molar-refractivity contribution in [3.63, 3.8) is 0 Å². The zero-order valence-electron chi connectivity index (χ0n) is 9.98. The number of aromatic nitrogens is 2. The summed E-state index contributed by atoms with van der Waals surface area (Å²) in [6, 6.07) is 5.08. The highest BCUT2D eigenvalue weighted by Gasteiger charge is 2.13. The van der Waals surface area contributed by atoms with Crippen molar-refractivity contribution in [3.05, 3.63) is 52.0 Å². The lowest BCUT2D eigenvalue weighted by Crippen LogP contribution is -2.08. The van der Waals surface area contributed by atoms with E-state index in [0.29, 0.717) is 22.0 Å². The molecule has 0 aliphatic rings. The highest BCUT2D eigenvalue weighted by molar-refractivity contribution is 6.34. The molecular formula is C13H14Cl2N2O. The van der Waals surface area contributed by atoms with Crippen LogP contribution in [0, 0.1) is 0 Å². The molecule has 1 heterocycles. The number of aryl methyl sites for hydroxylation is 1. The maximum atomic E-state index is 10.2. The summed E-state index contributed by atoms with van der Waals surface area (Å²) in [6.07, 6.45) is 3.41. The minimum Gasteiger partial charge on any atom is -0.388 e. The molecule has 1 N–H and O–H groups in total. The number of benzene rings is 1. The molecule has 2 aromatic rings. The smallest absolute Gasteiger partial charge is 0.111 e. The van der Waals surface area contributed by atoms with E-state index >= 15 is 0 Å². The fraction of sp³-hybridized carbons (Fsp3) is 0.308. The zero-order valence-corrected chi connectivity index (χ0v) is 11.5. The van der Waals surface area contributed by atoms with Crippen molar-refractivity contribution in [1.29, 1.82) is 0 Å². The third kappa shape index (κ3) is 3.05. The van der Waals surface area contributed by atoms with Gasteiger partial charge < -0.3 is 9.67 Å². The minimum absolute atomic E-state index is 0.442. The highest BCUT2D eigenvalue weighted by atomic mass is 35.5. The first-order chi connectivity index (χ1) is 8.60. The lowest BCUT2D eigenvalue weighted by Gasteiger charge is -2.12. The van der Waals surface area contributed by atoms with Gasteiger partial charge in [0, 0.05) is 35.4 Å². The summed E-state index contributed by atoms with van der Waals surface area (Å²) < 4.78 is 2.00. The van der Waals surface area contributed by atoms with Crippen molar-refractivity contribution >= 4 is 23.2 Å². The predicted octanol–water partition coefficient (Wildman–Crippen LogP) is 3.49. The van der Waals surface area contributed by atoms with Crippen LogP contribution in [0.15, 0.2) is 30.6 Å². The number of rotatable bonds is 4. The molecule has 5 heteroatoms. The molecule has 1 atom stereocenters. The van der Waals surface area contributed by atoms with Crippen LogP contribution in [0.4, 0.5) is 0 Å². The summed E-state index contributed by atoms with van der Waals surface area (Å²) in [5.41, 5.74) is 0.707. The molecule has 1 aromatic carbocycles. The van der Waals surface area contributed by atoms with E-state index in [9.17, 15) is 5.11 Å². The standard InChI is InChI=1S/C13H14Cl2N2O/c1-2-17-4-3-16-13(17)8-12(18)9-5-10(14)7-11(15)6-9/h3-7,12,18H,2,8H2,1H3. The Kier molecular flexibility index (Phi) is 4.27. The van der Waals surface area contributed by atoms with Gasteiger partial charge in [-0.3, -0.25) is 0 Å². The first kappa shape index (κ1) is 13.4. The summed E-state index contributed by atoms with van der Waals surface area (Å²) in [5.74, 6) is 0.848. The maximum Gasteiger partial charge on any atom is 0.111 e. The van der Waals surface area contributed by atoms with Gasteiger partial charge in [0.1, 0.15) is 5.82 Å². The molecule has 0 spiro atoms. The van der Waals surface area contributed by atoms with Gasteiger partial charge in [0.05, 0.1) is 6.10 Å². The van der Waals surface area contributed by atoms with E-state index in [1.165, 1.54) is 0 Å². The fourth-order valence-corrected chi connectivity index (χ4v) is 2.42. The van der Waals surface area contributed by atoms with Crippen molar-refractivity contribution in [2.24, 2.45) is 0 Å². The Hall–Kier alpha value is -1.03. The number of halogens is 2. The summed E-state index contributed by atoms with van der Waals surface area (Å²) in [7, 11) is 0. The third-order valence-corrected chi connectivity index (χ3v) is 3.22. The van der Waals surface area contributed by atoms with E-state index in [1.54, 1.807) is 24.4 Å². The second-order valence-electron chi connectivity index (χ2n) is 4.05. The summed E-state index contributed by atoms with van der Waals surface area (Å²) in [6.45, 7) is 2.87. The Morgan fingerprint density at radius 1 is 1.28 bits per heavy atom. The van der Waals surface area contributed by atoms with Crippen LogP contribution in [0.25, 0.3) is 0 Å². The molecule has 0 aliphatic heterocycles. The van der Waals surface area contributed by atoms with E-state index in [-0.39, 0.29) is 0 Å². The van der Waals surface area contributed by atoms with Crippen molar-refractivity contribution in [1.82, 2.24) is 9.55 Å². The van der Waals surface area contributed by atoms with Crippen LogP contribution in [-0.2, 0) is 13.0 Å². The fourth-order valence-electron chi connectivity index (χ4n) is 1.88. The van der Waals surface area contributed by atoms with Gasteiger partial charge >= 0.3 is 0 Å². The van der Waals surface area contributed by atoms with E-state index in [0.717, 1.165) is 12.4 Å². The molecule has 0 radical (unpaired) electrons. The molecule has 96 valence electrons. The van der Waals surface area contributed by atoms with Gasteiger partial charge in [0.25, 0.3) is 0 Å². The molecule has 0 aliphatic carbocycles. The molecule has 3 nitrogen and oxygen atoms in total. The van der Waals surface area contributed by atoms with Crippen molar-refractivity contribution in [2.45, 2.75) is 26.0 Å². The largest absolute Gasteiger partial charge is 0.388 e. The Bertz CT molecular complexity index is 519. The Balaban J connectivity index is 2.19. The normalized spacial score (nSPS) is 12.7. The van der Waals surface area contributed by atoms with Crippen LogP contribution in [0.2, 0.25) is 10.0 Å². The zero-order chi connectivity index (χ0) is 13.1. The topological polar surface area (TPSA) is 38.0 Å². The van der Waals surface area contributed by atoms with Crippen molar-refractivity contribution < 1.29 is 5.11 Å². The molecule has 0 amide bonds. The number of hydrogen-bond donors (Lipinski definition) is 1. The summed E-state index contributed by atoms with van der Waals surface area (Å²) in [4.78, 5) is 4.23. The Labute approximate surface area is 116 Å². The minimum atomic E-state index is -0.658. The number of hydrogen-bond acceptors (Lipinski definition) is 2. The third-order valence-electron chi connectivity index (χ3n) is 2.79. The van der Waals surface area contributed by atoms with E-state index in [2.05, 4.69) is 4.98 Å². The van der Waals surface area contributed by atoms with E-state index < -0.39 is 6.10 Å².